The average molecular weight is 279 g/mol. The van der Waals surface area contributed by atoms with Crippen LogP contribution in [0.3, 0.4) is 0 Å². The van der Waals surface area contributed by atoms with Gasteiger partial charge in [0.1, 0.15) is 5.82 Å². The van der Waals surface area contributed by atoms with Gasteiger partial charge in [0.15, 0.2) is 5.82 Å². The maximum atomic E-state index is 12.1. The van der Waals surface area contributed by atoms with E-state index in [0.717, 1.165) is 37.5 Å². The number of carbonyl (C=O) groups excluding carboxylic acids is 1. The van der Waals surface area contributed by atoms with Crippen molar-refractivity contribution in [3.05, 3.63) is 11.6 Å². The number of nitrogens with two attached hydrogens (primary N) is 1. The number of aryl methyl sites for hydroxylation is 1. The summed E-state index contributed by atoms with van der Waals surface area (Å²) in [5.41, 5.74) is 5.21. The Morgan fingerprint density at radius 2 is 2.20 bits per heavy atom. The lowest BCUT2D eigenvalue weighted by molar-refractivity contribution is -0.126. The highest BCUT2D eigenvalue weighted by Gasteiger charge is 2.27. The molecule has 2 rings (SSSR count). The first-order valence-electron chi connectivity index (χ1n) is 7.52. The Bertz CT molecular complexity index is 466. The maximum Gasteiger partial charge on any atom is 0.240 e. The van der Waals surface area contributed by atoms with Crippen molar-refractivity contribution in [2.45, 2.75) is 71.0 Å². The molecule has 6 heteroatoms. The number of carbonyl (C=O) groups is 1. The highest BCUT2D eigenvalue weighted by molar-refractivity contribution is 5.85. The lowest BCUT2D eigenvalue weighted by Crippen LogP contribution is -2.51. The fraction of sp³-hybridized carbons (Fsp3) is 0.786. The van der Waals surface area contributed by atoms with Crippen molar-refractivity contribution in [2.24, 2.45) is 5.73 Å². The summed E-state index contributed by atoms with van der Waals surface area (Å²) in [5.74, 6) is 1.75. The molecule has 0 spiro atoms. The second-order valence-corrected chi connectivity index (χ2v) is 5.84. The summed E-state index contributed by atoms with van der Waals surface area (Å²) in [6.07, 6.45) is 6.09. The van der Waals surface area contributed by atoms with Gasteiger partial charge in [-0.3, -0.25) is 4.79 Å². The first-order chi connectivity index (χ1) is 9.54. The molecular weight excluding hydrogens is 254 g/mol. The van der Waals surface area contributed by atoms with Crippen molar-refractivity contribution >= 4 is 5.91 Å². The highest BCUT2D eigenvalue weighted by Crippen LogP contribution is 2.14. The Balaban J connectivity index is 1.98. The molecule has 112 valence electrons. The molecule has 0 saturated heterocycles. The van der Waals surface area contributed by atoms with Crippen molar-refractivity contribution in [3.8, 4) is 0 Å². The first kappa shape index (κ1) is 15.0. The van der Waals surface area contributed by atoms with E-state index in [4.69, 9.17) is 5.73 Å². The van der Waals surface area contributed by atoms with Gasteiger partial charge in [-0.1, -0.05) is 19.8 Å². The molecule has 0 bridgehead atoms. The Morgan fingerprint density at radius 1 is 1.40 bits per heavy atom. The van der Waals surface area contributed by atoms with Crippen LogP contribution < -0.4 is 11.1 Å². The largest absolute Gasteiger partial charge is 0.347 e. The summed E-state index contributed by atoms with van der Waals surface area (Å²) >= 11 is 0. The van der Waals surface area contributed by atoms with Gasteiger partial charge in [-0.25, -0.2) is 0 Å². The zero-order valence-corrected chi connectivity index (χ0v) is 12.5. The van der Waals surface area contributed by atoms with Gasteiger partial charge in [0, 0.05) is 13.0 Å². The van der Waals surface area contributed by atoms with Crippen molar-refractivity contribution in [2.75, 3.05) is 0 Å². The van der Waals surface area contributed by atoms with Crippen LogP contribution in [0.1, 0.15) is 57.6 Å². The minimum absolute atomic E-state index is 0.120. The van der Waals surface area contributed by atoms with E-state index in [1.54, 1.807) is 6.92 Å². The van der Waals surface area contributed by atoms with Crippen molar-refractivity contribution in [1.82, 2.24) is 20.1 Å². The zero-order valence-electron chi connectivity index (χ0n) is 12.5. The first-order valence-corrected chi connectivity index (χ1v) is 7.52. The number of nitrogens with zero attached hydrogens (tertiary/aromatic N) is 3. The minimum atomic E-state index is -0.809. The molecule has 20 heavy (non-hydrogen) atoms. The van der Waals surface area contributed by atoms with Gasteiger partial charge in [-0.05, 0) is 26.2 Å². The van der Waals surface area contributed by atoms with Crippen LogP contribution in [0.15, 0.2) is 0 Å². The van der Waals surface area contributed by atoms with Crippen LogP contribution in [-0.2, 0) is 24.3 Å². The van der Waals surface area contributed by atoms with Crippen molar-refractivity contribution in [3.63, 3.8) is 0 Å². The predicted molar refractivity (Wildman–Crippen MR) is 76.9 cm³/mol. The van der Waals surface area contributed by atoms with Crippen molar-refractivity contribution in [1.29, 1.82) is 0 Å². The Hall–Kier alpha value is -1.43. The Morgan fingerprint density at radius 3 is 2.95 bits per heavy atom. The van der Waals surface area contributed by atoms with Crippen LogP contribution in [0.25, 0.3) is 0 Å². The third kappa shape index (κ3) is 3.36. The summed E-state index contributed by atoms with van der Waals surface area (Å²) in [7, 11) is 0. The number of hydrogen-bond donors (Lipinski definition) is 2. The molecule has 0 fully saturated rings. The monoisotopic (exact) mass is 279 g/mol. The van der Waals surface area contributed by atoms with E-state index in [1.807, 2.05) is 6.92 Å². The van der Waals surface area contributed by atoms with Crippen LogP contribution in [0, 0.1) is 0 Å². The maximum absolute atomic E-state index is 12.1. The third-order valence-corrected chi connectivity index (χ3v) is 3.88. The summed E-state index contributed by atoms with van der Waals surface area (Å²) in [6.45, 7) is 5.15. The zero-order chi connectivity index (χ0) is 14.6. The lowest BCUT2D eigenvalue weighted by Gasteiger charge is -2.22. The standard InChI is InChI=1S/C14H25N5O/c1-3-8-14(2,15)13(20)16-10-12-18-17-11-7-5-4-6-9-19(11)12/h3-10,15H2,1-2H3,(H,16,20). The van der Waals surface area contributed by atoms with Gasteiger partial charge < -0.3 is 15.6 Å². The Labute approximate surface area is 120 Å². The number of fused-ring (bicyclic) bond motifs is 1. The molecule has 0 aromatic carbocycles. The van der Waals surface area contributed by atoms with Crippen LogP contribution in [0.2, 0.25) is 0 Å². The number of aromatic nitrogens is 3. The Kier molecular flexibility index (Phi) is 4.75. The molecule has 1 aromatic rings. The molecule has 1 atom stereocenters. The summed E-state index contributed by atoms with van der Waals surface area (Å²) in [6, 6.07) is 0. The molecule has 0 radical (unpaired) electrons. The molecule has 1 unspecified atom stereocenters. The highest BCUT2D eigenvalue weighted by atomic mass is 16.2. The van der Waals surface area contributed by atoms with Gasteiger partial charge in [-0.15, -0.1) is 10.2 Å². The average Bonchev–Trinajstić information content (AvgIpc) is 2.63. The van der Waals surface area contributed by atoms with E-state index >= 15 is 0 Å². The predicted octanol–water partition coefficient (Wildman–Crippen LogP) is 1.14. The van der Waals surface area contributed by atoms with E-state index in [2.05, 4.69) is 20.1 Å². The van der Waals surface area contributed by atoms with E-state index < -0.39 is 5.54 Å². The second kappa shape index (κ2) is 6.35. The molecule has 0 saturated carbocycles. The molecule has 1 aromatic heterocycles. The lowest BCUT2D eigenvalue weighted by atomic mass is 9.96. The fourth-order valence-corrected chi connectivity index (χ4v) is 2.67. The normalized spacial score (nSPS) is 17.9. The molecular formula is C14H25N5O. The number of nitrogens with one attached hydrogen (secondary N) is 1. The molecule has 1 aliphatic heterocycles. The smallest absolute Gasteiger partial charge is 0.240 e. The van der Waals surface area contributed by atoms with E-state index in [0.29, 0.717) is 13.0 Å². The molecule has 6 nitrogen and oxygen atoms in total. The van der Waals surface area contributed by atoms with Gasteiger partial charge in [0.2, 0.25) is 5.91 Å². The summed E-state index contributed by atoms with van der Waals surface area (Å²) < 4.78 is 2.14. The van der Waals surface area contributed by atoms with Crippen LogP contribution in [0.4, 0.5) is 0 Å². The topological polar surface area (TPSA) is 85.8 Å². The second-order valence-electron chi connectivity index (χ2n) is 5.84. The summed E-state index contributed by atoms with van der Waals surface area (Å²) in [5, 5.41) is 11.3. The van der Waals surface area contributed by atoms with Crippen LogP contribution >= 0.6 is 0 Å². The SMILES string of the molecule is CCCC(C)(N)C(=O)NCc1nnc2n1CCCCC2. The van der Waals surface area contributed by atoms with Gasteiger partial charge in [-0.2, -0.15) is 0 Å². The number of amides is 1. The van der Waals surface area contributed by atoms with Gasteiger partial charge in [0.05, 0.1) is 12.1 Å². The molecule has 2 heterocycles. The van der Waals surface area contributed by atoms with Crippen LogP contribution in [-0.4, -0.2) is 26.2 Å². The van der Waals surface area contributed by atoms with Crippen LogP contribution in [0.5, 0.6) is 0 Å². The van der Waals surface area contributed by atoms with Crippen molar-refractivity contribution < 1.29 is 4.79 Å². The molecule has 1 amide bonds. The molecule has 3 N–H and O–H groups in total. The van der Waals surface area contributed by atoms with E-state index in [-0.39, 0.29) is 5.91 Å². The molecule has 1 aliphatic rings. The van der Waals surface area contributed by atoms with E-state index in [1.165, 1.54) is 12.8 Å². The molecule has 0 aliphatic carbocycles. The fourth-order valence-electron chi connectivity index (χ4n) is 2.67. The van der Waals surface area contributed by atoms with E-state index in [9.17, 15) is 4.79 Å². The quantitative estimate of drug-likeness (QED) is 0.846. The minimum Gasteiger partial charge on any atom is -0.347 e. The van der Waals surface area contributed by atoms with Gasteiger partial charge >= 0.3 is 0 Å². The number of rotatable bonds is 5. The third-order valence-electron chi connectivity index (χ3n) is 3.88. The summed E-state index contributed by atoms with van der Waals surface area (Å²) in [4.78, 5) is 12.1. The van der Waals surface area contributed by atoms with Gasteiger partial charge in [0.25, 0.3) is 0 Å². The number of hydrogen-bond acceptors (Lipinski definition) is 4.